The number of nitrogens with one attached hydrogen (secondary N) is 1. The molecule has 1 rings (SSSR count). The van der Waals surface area contributed by atoms with E-state index in [0.717, 1.165) is 25.1 Å². The summed E-state index contributed by atoms with van der Waals surface area (Å²) in [5.41, 5.74) is 5.59. The number of carbonyl (C=O) groups is 1. The fraction of sp³-hybridized carbons (Fsp3) is 0.522. The number of methoxy groups -OCH3 is 1. The van der Waals surface area contributed by atoms with Gasteiger partial charge >= 0.3 is 5.97 Å². The molecular formula is C23H35NO2. The lowest BCUT2D eigenvalue weighted by molar-refractivity contribution is -0.135. The number of allylic oxidation sites excluding steroid dienone is 6. The zero-order valence-corrected chi connectivity index (χ0v) is 17.3. The molecule has 0 heterocycles. The Morgan fingerprint density at radius 3 is 2.58 bits per heavy atom. The third-order valence-corrected chi connectivity index (χ3v) is 4.64. The van der Waals surface area contributed by atoms with Crippen LogP contribution in [0.3, 0.4) is 0 Å². The number of rotatable bonds is 8. The highest BCUT2D eigenvalue weighted by atomic mass is 16.5. The van der Waals surface area contributed by atoms with Gasteiger partial charge in [-0.3, -0.25) is 0 Å². The minimum Gasteiger partial charge on any atom is -0.465 e. The summed E-state index contributed by atoms with van der Waals surface area (Å²) in [6, 6.07) is 0. The van der Waals surface area contributed by atoms with Crippen LogP contribution >= 0.6 is 0 Å². The Balaban J connectivity index is 3.14. The predicted molar refractivity (Wildman–Crippen MR) is 111 cm³/mol. The summed E-state index contributed by atoms with van der Waals surface area (Å²) in [7, 11) is 1.43. The molecule has 1 atom stereocenters. The van der Waals surface area contributed by atoms with E-state index in [0.29, 0.717) is 11.5 Å². The van der Waals surface area contributed by atoms with Crippen molar-refractivity contribution in [2.75, 3.05) is 13.7 Å². The molecule has 0 aliphatic heterocycles. The van der Waals surface area contributed by atoms with E-state index in [1.54, 1.807) is 0 Å². The van der Waals surface area contributed by atoms with Gasteiger partial charge in [-0.1, -0.05) is 50.3 Å². The minimum atomic E-state index is -0.298. The van der Waals surface area contributed by atoms with Crippen molar-refractivity contribution >= 4 is 5.97 Å². The zero-order valence-electron chi connectivity index (χ0n) is 17.3. The van der Waals surface area contributed by atoms with E-state index in [1.165, 1.54) is 30.2 Å². The molecule has 0 saturated carbocycles. The highest BCUT2D eigenvalue weighted by Gasteiger charge is 2.22. The van der Waals surface area contributed by atoms with Gasteiger partial charge < -0.3 is 10.1 Å². The summed E-state index contributed by atoms with van der Waals surface area (Å²) < 4.78 is 4.97. The summed E-state index contributed by atoms with van der Waals surface area (Å²) in [4.78, 5) is 12.2. The van der Waals surface area contributed by atoms with Crippen molar-refractivity contribution in [3.63, 3.8) is 0 Å². The van der Waals surface area contributed by atoms with Crippen LogP contribution in [0.2, 0.25) is 0 Å². The second-order valence-corrected chi connectivity index (χ2v) is 7.35. The van der Waals surface area contributed by atoms with Crippen molar-refractivity contribution in [3.05, 3.63) is 58.9 Å². The molecule has 1 aliphatic carbocycles. The van der Waals surface area contributed by atoms with Gasteiger partial charge in [-0.05, 0) is 57.1 Å². The van der Waals surface area contributed by atoms with Crippen LogP contribution in [0.15, 0.2) is 58.9 Å². The van der Waals surface area contributed by atoms with E-state index in [1.807, 2.05) is 25.2 Å². The first kappa shape index (κ1) is 22.0. The Morgan fingerprint density at radius 1 is 1.38 bits per heavy atom. The van der Waals surface area contributed by atoms with Crippen molar-refractivity contribution in [2.45, 2.75) is 53.9 Å². The summed E-state index contributed by atoms with van der Waals surface area (Å²) in [5, 5.41) is 3.55. The third kappa shape index (κ3) is 6.05. The summed E-state index contributed by atoms with van der Waals surface area (Å²) in [5.74, 6) is 0.315. The molecule has 0 amide bonds. The fourth-order valence-electron chi connectivity index (χ4n) is 3.50. The molecule has 3 nitrogen and oxygen atoms in total. The fourth-order valence-corrected chi connectivity index (χ4v) is 3.50. The maximum absolute atomic E-state index is 12.2. The number of hydrogen-bond donors (Lipinski definition) is 1. The molecule has 0 bridgehead atoms. The van der Waals surface area contributed by atoms with E-state index in [4.69, 9.17) is 4.74 Å². The third-order valence-electron chi connectivity index (χ3n) is 4.64. The van der Waals surface area contributed by atoms with E-state index in [9.17, 15) is 4.79 Å². The second kappa shape index (κ2) is 10.8. The van der Waals surface area contributed by atoms with Crippen molar-refractivity contribution in [2.24, 2.45) is 11.8 Å². The maximum Gasteiger partial charge on any atom is 0.339 e. The molecule has 144 valence electrons. The number of ether oxygens (including phenoxy) is 1. The summed E-state index contributed by atoms with van der Waals surface area (Å²) in [6.45, 7) is 15.2. The molecule has 3 heteroatoms. The Bertz CT molecular complexity index is 629. The molecule has 0 fully saturated rings. The average molecular weight is 358 g/mol. The highest BCUT2D eigenvalue weighted by molar-refractivity contribution is 5.92. The first-order valence-electron chi connectivity index (χ1n) is 9.55. The lowest BCUT2D eigenvalue weighted by Gasteiger charge is -2.28. The van der Waals surface area contributed by atoms with Crippen molar-refractivity contribution in [1.29, 1.82) is 0 Å². The van der Waals surface area contributed by atoms with Crippen LogP contribution < -0.4 is 5.32 Å². The van der Waals surface area contributed by atoms with Gasteiger partial charge in [-0.15, -0.1) is 0 Å². The van der Waals surface area contributed by atoms with Crippen molar-refractivity contribution in [3.8, 4) is 0 Å². The predicted octanol–water partition coefficient (Wildman–Crippen LogP) is 5.48. The van der Waals surface area contributed by atoms with Crippen molar-refractivity contribution < 1.29 is 9.53 Å². The Kier molecular flexibility index (Phi) is 9.18. The van der Waals surface area contributed by atoms with Crippen LogP contribution in [0.25, 0.3) is 0 Å². The molecule has 0 aromatic carbocycles. The molecule has 0 aromatic heterocycles. The van der Waals surface area contributed by atoms with E-state index >= 15 is 0 Å². The molecule has 0 saturated heterocycles. The Morgan fingerprint density at radius 2 is 2.08 bits per heavy atom. The van der Waals surface area contributed by atoms with Gasteiger partial charge in [-0.25, -0.2) is 4.79 Å². The number of hydrogen-bond acceptors (Lipinski definition) is 3. The quantitative estimate of drug-likeness (QED) is 0.355. The van der Waals surface area contributed by atoms with Crippen LogP contribution in [-0.4, -0.2) is 19.6 Å². The van der Waals surface area contributed by atoms with Crippen LogP contribution in [0.1, 0.15) is 53.9 Å². The van der Waals surface area contributed by atoms with Gasteiger partial charge in [0.1, 0.15) is 0 Å². The highest BCUT2D eigenvalue weighted by Crippen LogP contribution is 2.32. The van der Waals surface area contributed by atoms with E-state index in [-0.39, 0.29) is 11.9 Å². The molecule has 0 unspecified atom stereocenters. The normalized spacial score (nSPS) is 18.7. The lowest BCUT2D eigenvalue weighted by Crippen LogP contribution is -2.29. The average Bonchev–Trinajstić information content (AvgIpc) is 2.59. The minimum absolute atomic E-state index is 0.206. The first-order chi connectivity index (χ1) is 12.3. The van der Waals surface area contributed by atoms with E-state index in [2.05, 4.69) is 45.7 Å². The number of carbonyl (C=O) groups excluding carboxylic acids is 1. The Hall–Kier alpha value is -2.03. The molecule has 1 aliphatic rings. The molecule has 1 N–H and O–H groups in total. The van der Waals surface area contributed by atoms with Gasteiger partial charge in [0.25, 0.3) is 0 Å². The Labute approximate surface area is 159 Å². The lowest BCUT2D eigenvalue weighted by atomic mass is 9.82. The van der Waals surface area contributed by atoms with Crippen LogP contribution in [0.4, 0.5) is 0 Å². The summed E-state index contributed by atoms with van der Waals surface area (Å²) >= 11 is 0. The monoisotopic (exact) mass is 357 g/mol. The molecule has 0 aromatic rings. The molecular weight excluding hydrogens is 322 g/mol. The standard InChI is InChI=1S/C23H35NO2/c1-8-11-21(23(25)26-7)22(17(5)6)24-15-19-13-10-12-18(14-16(3)4)20(19)9-2/h8-9,11,14,17,19,24H,2,10,12-13,15H2,1,3-7H3/b11-8-,22-21-/t19-/m0/s1. The number of esters is 1. The zero-order chi connectivity index (χ0) is 19.7. The SMILES string of the molecule is C=CC1=C(C=C(C)C)CCC[C@H]1CN/C(=C(/C=C\C)C(=O)OC)C(C)C. The maximum atomic E-state index is 12.2. The van der Waals surface area contributed by atoms with Gasteiger partial charge in [0, 0.05) is 18.2 Å². The van der Waals surface area contributed by atoms with Crippen LogP contribution in [0.5, 0.6) is 0 Å². The van der Waals surface area contributed by atoms with E-state index < -0.39 is 0 Å². The smallest absolute Gasteiger partial charge is 0.339 e. The van der Waals surface area contributed by atoms with Crippen LogP contribution in [0, 0.1) is 11.8 Å². The largest absolute Gasteiger partial charge is 0.465 e. The second-order valence-electron chi connectivity index (χ2n) is 7.35. The topological polar surface area (TPSA) is 38.3 Å². The molecule has 0 spiro atoms. The van der Waals surface area contributed by atoms with Gasteiger partial charge in [0.2, 0.25) is 0 Å². The van der Waals surface area contributed by atoms with Gasteiger partial charge in [0.15, 0.2) is 0 Å². The van der Waals surface area contributed by atoms with Crippen LogP contribution in [-0.2, 0) is 9.53 Å². The first-order valence-corrected chi connectivity index (χ1v) is 9.55. The van der Waals surface area contributed by atoms with Gasteiger partial charge in [0.05, 0.1) is 12.7 Å². The van der Waals surface area contributed by atoms with Gasteiger partial charge in [-0.2, -0.15) is 0 Å². The molecule has 0 radical (unpaired) electrons. The molecule has 26 heavy (non-hydrogen) atoms. The summed E-state index contributed by atoms with van der Waals surface area (Å²) in [6.07, 6.45) is 11.4. The van der Waals surface area contributed by atoms with Crippen molar-refractivity contribution in [1.82, 2.24) is 5.32 Å².